The first-order valence-electron chi connectivity index (χ1n) is 11.9. The Bertz CT molecular complexity index is 1100. The Morgan fingerprint density at radius 3 is 1.94 bits per heavy atom. The Hall–Kier alpha value is -3.80. The van der Waals surface area contributed by atoms with Crippen LogP contribution < -0.4 is 15.8 Å². The van der Waals surface area contributed by atoms with Crippen molar-refractivity contribution in [2.75, 3.05) is 5.32 Å². The summed E-state index contributed by atoms with van der Waals surface area (Å²) in [4.78, 5) is 24.8. The quantitative estimate of drug-likeness (QED) is 0.368. The lowest BCUT2D eigenvalue weighted by Crippen LogP contribution is -2.36. The lowest BCUT2D eigenvalue weighted by atomic mass is 9.92. The number of carbonyl (C=O) groups is 2. The number of ether oxygens (including phenoxy) is 2. The zero-order chi connectivity index (χ0) is 25.4. The summed E-state index contributed by atoms with van der Waals surface area (Å²) in [5.74, 6) is 0.718. The van der Waals surface area contributed by atoms with E-state index in [9.17, 15) is 9.59 Å². The highest BCUT2D eigenvalue weighted by molar-refractivity contribution is 5.97. The lowest BCUT2D eigenvalue weighted by Gasteiger charge is -2.23. The van der Waals surface area contributed by atoms with Gasteiger partial charge in [0.2, 0.25) is 0 Å². The van der Waals surface area contributed by atoms with Crippen molar-refractivity contribution >= 4 is 17.7 Å². The number of rotatable bonds is 10. The van der Waals surface area contributed by atoms with Gasteiger partial charge >= 0.3 is 6.09 Å². The third-order valence-electron chi connectivity index (χ3n) is 5.76. The number of primary amides is 1. The van der Waals surface area contributed by atoms with E-state index in [0.29, 0.717) is 12.4 Å². The van der Waals surface area contributed by atoms with Gasteiger partial charge in [0.05, 0.1) is 0 Å². The van der Waals surface area contributed by atoms with Crippen LogP contribution in [0.15, 0.2) is 72.8 Å². The van der Waals surface area contributed by atoms with Crippen LogP contribution in [0.2, 0.25) is 0 Å². The Morgan fingerprint density at radius 2 is 1.40 bits per heavy atom. The summed E-state index contributed by atoms with van der Waals surface area (Å²) >= 11 is 0. The maximum Gasteiger partial charge on any atom is 0.405 e. The smallest absolute Gasteiger partial charge is 0.405 e. The minimum absolute atomic E-state index is 0.189. The van der Waals surface area contributed by atoms with Gasteiger partial charge in [0, 0.05) is 12.1 Å². The fourth-order valence-electron chi connectivity index (χ4n) is 3.90. The third-order valence-corrected chi connectivity index (χ3v) is 5.76. The Labute approximate surface area is 207 Å². The molecule has 3 aromatic carbocycles. The molecule has 0 unspecified atom stereocenters. The lowest BCUT2D eigenvalue weighted by molar-refractivity contribution is -0.124. The number of carbonyl (C=O) groups excluding carboxylic acids is 2. The highest BCUT2D eigenvalue weighted by Crippen LogP contribution is 2.32. The van der Waals surface area contributed by atoms with Crippen molar-refractivity contribution in [3.05, 3.63) is 95.1 Å². The topological polar surface area (TPSA) is 90.7 Å². The molecule has 184 valence electrons. The molecule has 0 saturated carbocycles. The number of hydrogen-bond donors (Lipinski definition) is 2. The predicted octanol–water partition coefficient (Wildman–Crippen LogP) is 6.16. The summed E-state index contributed by atoms with van der Waals surface area (Å²) in [5.41, 5.74) is 10.0. The molecular formula is C29H34N2O4. The first-order valence-corrected chi connectivity index (χ1v) is 11.9. The summed E-state index contributed by atoms with van der Waals surface area (Å²) in [6.45, 7) is 8.77. The molecule has 2 amide bonds. The van der Waals surface area contributed by atoms with Crippen molar-refractivity contribution in [1.29, 1.82) is 0 Å². The molecule has 3 N–H and O–H groups in total. The van der Waals surface area contributed by atoms with Gasteiger partial charge in [0.15, 0.2) is 6.10 Å². The van der Waals surface area contributed by atoms with E-state index < -0.39 is 18.1 Å². The number of nitrogens with one attached hydrogen (secondary N) is 1. The van der Waals surface area contributed by atoms with Gasteiger partial charge in [-0.15, -0.1) is 0 Å². The van der Waals surface area contributed by atoms with Crippen LogP contribution in [0.4, 0.5) is 10.5 Å². The van der Waals surface area contributed by atoms with Crippen molar-refractivity contribution < 1.29 is 19.1 Å². The van der Waals surface area contributed by atoms with E-state index in [0.717, 1.165) is 27.9 Å². The molecule has 1 atom stereocenters. The molecule has 0 aliphatic heterocycles. The summed E-state index contributed by atoms with van der Waals surface area (Å²) in [6, 6.07) is 23.3. The molecule has 0 radical (unpaired) electrons. The molecule has 6 nitrogen and oxygen atoms in total. The molecule has 3 aromatic rings. The first-order chi connectivity index (χ1) is 16.7. The molecule has 35 heavy (non-hydrogen) atoms. The Morgan fingerprint density at radius 1 is 0.800 bits per heavy atom. The van der Waals surface area contributed by atoms with Gasteiger partial charge in [-0.25, -0.2) is 4.79 Å². The normalized spacial score (nSPS) is 11.8. The molecular weight excluding hydrogens is 440 g/mol. The summed E-state index contributed by atoms with van der Waals surface area (Å²) in [5, 5.41) is 3.02. The molecule has 0 heterocycles. The van der Waals surface area contributed by atoms with E-state index in [1.807, 2.05) is 72.8 Å². The Balaban J connectivity index is 1.74. The summed E-state index contributed by atoms with van der Waals surface area (Å²) < 4.78 is 11.0. The molecule has 0 saturated heterocycles. The number of nitrogens with two attached hydrogens (primary N) is 1. The molecule has 0 aliphatic rings. The van der Waals surface area contributed by atoms with Gasteiger partial charge in [-0.05, 0) is 46.2 Å². The van der Waals surface area contributed by atoms with Crippen LogP contribution in [-0.2, 0) is 22.6 Å². The van der Waals surface area contributed by atoms with Crippen LogP contribution in [0.5, 0.6) is 5.75 Å². The van der Waals surface area contributed by atoms with E-state index in [2.05, 4.69) is 33.0 Å². The largest absolute Gasteiger partial charge is 0.489 e. The fraction of sp³-hybridized carbons (Fsp3) is 0.310. The highest BCUT2D eigenvalue weighted by Gasteiger charge is 2.25. The molecule has 0 spiro atoms. The number of amides is 2. The van der Waals surface area contributed by atoms with E-state index in [1.165, 1.54) is 0 Å². The third kappa shape index (κ3) is 7.34. The molecule has 0 aliphatic carbocycles. The maximum atomic E-state index is 13.3. The van der Waals surface area contributed by atoms with E-state index >= 15 is 0 Å². The standard InChI is InChI=1S/C29H34N2O4/c1-19(2)24-11-8-12-25(20(3)4)27(24)31-28(32)26(35-29(30)33)17-21-13-15-23(16-14-21)34-18-22-9-6-5-7-10-22/h5-16,19-20,26H,17-18H2,1-4H3,(H2,30,33)(H,31,32)/t26-/m0/s1. The average Bonchev–Trinajstić information content (AvgIpc) is 2.83. The van der Waals surface area contributed by atoms with Crippen LogP contribution in [-0.4, -0.2) is 18.1 Å². The predicted molar refractivity (Wildman–Crippen MR) is 139 cm³/mol. The monoisotopic (exact) mass is 474 g/mol. The number of anilines is 1. The zero-order valence-electron chi connectivity index (χ0n) is 20.8. The first kappa shape index (κ1) is 25.8. The van der Waals surface area contributed by atoms with Gasteiger partial charge in [0.25, 0.3) is 5.91 Å². The van der Waals surface area contributed by atoms with Gasteiger partial charge in [-0.2, -0.15) is 0 Å². The van der Waals surface area contributed by atoms with Crippen LogP contribution >= 0.6 is 0 Å². The highest BCUT2D eigenvalue weighted by atomic mass is 16.6. The fourth-order valence-corrected chi connectivity index (χ4v) is 3.90. The van der Waals surface area contributed by atoms with Crippen molar-refractivity contribution in [1.82, 2.24) is 0 Å². The van der Waals surface area contributed by atoms with E-state index in [-0.39, 0.29) is 18.3 Å². The minimum atomic E-state index is -1.07. The van der Waals surface area contributed by atoms with Gasteiger partial charge in [-0.3, -0.25) is 4.79 Å². The molecule has 0 fully saturated rings. The van der Waals surface area contributed by atoms with E-state index in [4.69, 9.17) is 15.2 Å². The van der Waals surface area contributed by atoms with Gasteiger partial charge in [-0.1, -0.05) is 88.4 Å². The summed E-state index contributed by atoms with van der Waals surface area (Å²) in [7, 11) is 0. The second-order valence-corrected chi connectivity index (χ2v) is 9.16. The number of hydrogen-bond acceptors (Lipinski definition) is 4. The second kappa shape index (κ2) is 12.1. The average molecular weight is 475 g/mol. The van der Waals surface area contributed by atoms with Crippen LogP contribution in [0.3, 0.4) is 0 Å². The minimum Gasteiger partial charge on any atom is -0.489 e. The van der Waals surface area contributed by atoms with E-state index in [1.54, 1.807) is 0 Å². The summed E-state index contributed by atoms with van der Waals surface area (Å²) in [6.07, 6.45) is -1.87. The van der Waals surface area contributed by atoms with Crippen molar-refractivity contribution in [3.8, 4) is 5.75 Å². The van der Waals surface area contributed by atoms with Crippen LogP contribution in [0.1, 0.15) is 61.8 Å². The van der Waals surface area contributed by atoms with Gasteiger partial charge in [0.1, 0.15) is 12.4 Å². The molecule has 6 heteroatoms. The van der Waals surface area contributed by atoms with Crippen LogP contribution in [0, 0.1) is 0 Å². The van der Waals surface area contributed by atoms with Crippen molar-refractivity contribution in [3.63, 3.8) is 0 Å². The molecule has 0 bridgehead atoms. The SMILES string of the molecule is CC(C)c1cccc(C(C)C)c1NC(=O)[C@H](Cc1ccc(OCc2ccccc2)cc1)OC(N)=O. The van der Waals surface area contributed by atoms with Gasteiger partial charge < -0.3 is 20.5 Å². The van der Waals surface area contributed by atoms with Crippen molar-refractivity contribution in [2.24, 2.45) is 5.73 Å². The molecule has 0 aromatic heterocycles. The Kier molecular flexibility index (Phi) is 8.90. The van der Waals surface area contributed by atoms with Crippen LogP contribution in [0.25, 0.3) is 0 Å². The zero-order valence-corrected chi connectivity index (χ0v) is 20.8. The van der Waals surface area contributed by atoms with Crippen molar-refractivity contribution in [2.45, 2.75) is 58.7 Å². The molecule has 3 rings (SSSR count). The number of para-hydroxylation sites is 1. The second-order valence-electron chi connectivity index (χ2n) is 9.16. The number of benzene rings is 3. The maximum absolute atomic E-state index is 13.3.